The zero-order chi connectivity index (χ0) is 19.3. The van der Waals surface area contributed by atoms with Crippen molar-refractivity contribution in [1.29, 1.82) is 0 Å². The van der Waals surface area contributed by atoms with E-state index in [1.165, 1.54) is 4.57 Å². The van der Waals surface area contributed by atoms with Crippen molar-refractivity contribution in [2.24, 2.45) is 5.41 Å². The van der Waals surface area contributed by atoms with Crippen molar-refractivity contribution in [2.45, 2.75) is 46.6 Å². The van der Waals surface area contributed by atoms with Crippen LogP contribution in [0.1, 0.15) is 40.0 Å². The summed E-state index contributed by atoms with van der Waals surface area (Å²) in [7, 11) is 4.02. The van der Waals surface area contributed by atoms with Crippen LogP contribution in [0.25, 0.3) is 11.0 Å². The van der Waals surface area contributed by atoms with Crippen molar-refractivity contribution >= 4 is 17.1 Å². The summed E-state index contributed by atoms with van der Waals surface area (Å²) in [5.41, 5.74) is 1.14. The molecular weight excluding hydrogens is 328 g/mol. The van der Waals surface area contributed by atoms with Crippen LogP contribution in [0.4, 0.5) is 4.79 Å². The summed E-state index contributed by atoms with van der Waals surface area (Å²) in [6.07, 6.45) is 3.09. The van der Waals surface area contributed by atoms with Crippen molar-refractivity contribution < 1.29 is 4.79 Å². The van der Waals surface area contributed by atoms with E-state index in [2.05, 4.69) is 31.0 Å². The highest BCUT2D eigenvalue weighted by molar-refractivity contribution is 5.89. The summed E-state index contributed by atoms with van der Waals surface area (Å²) in [5, 5.41) is 2.94. The van der Waals surface area contributed by atoms with Crippen molar-refractivity contribution in [3.63, 3.8) is 0 Å². The molecule has 1 aromatic carbocycles. The highest BCUT2D eigenvalue weighted by Crippen LogP contribution is 2.16. The average Bonchev–Trinajstić information content (AvgIpc) is 2.84. The molecule has 1 N–H and O–H groups in total. The van der Waals surface area contributed by atoms with Crippen molar-refractivity contribution in [1.82, 2.24) is 19.4 Å². The van der Waals surface area contributed by atoms with Crippen LogP contribution in [0.5, 0.6) is 0 Å². The molecule has 26 heavy (non-hydrogen) atoms. The fourth-order valence-corrected chi connectivity index (χ4v) is 3.45. The molecule has 0 aliphatic rings. The minimum absolute atomic E-state index is 0.0811. The van der Waals surface area contributed by atoms with Crippen LogP contribution in [0, 0.1) is 5.41 Å². The number of nitrogens with zero attached hydrogens (tertiary/aromatic N) is 3. The second-order valence-corrected chi connectivity index (χ2v) is 8.03. The van der Waals surface area contributed by atoms with Crippen LogP contribution < -0.4 is 11.0 Å². The summed E-state index contributed by atoms with van der Waals surface area (Å²) in [5.74, 6) is 0. The Hall–Kier alpha value is -2.08. The smallest absolute Gasteiger partial charge is 0.337 e. The topological polar surface area (TPSA) is 59.3 Å². The first-order chi connectivity index (χ1) is 12.3. The first-order valence-electron chi connectivity index (χ1n) is 9.40. The molecule has 1 aromatic heterocycles. The van der Waals surface area contributed by atoms with Crippen molar-refractivity contribution in [2.75, 3.05) is 27.2 Å². The van der Waals surface area contributed by atoms with Gasteiger partial charge >= 0.3 is 11.7 Å². The average molecular weight is 361 g/mol. The van der Waals surface area contributed by atoms with Gasteiger partial charge in [-0.05, 0) is 38.1 Å². The highest BCUT2D eigenvalue weighted by Gasteiger charge is 2.22. The molecule has 0 saturated carbocycles. The molecule has 0 saturated heterocycles. The standard InChI is InChI=1S/C20H32N4O2/c1-6-7-10-13-23-16-11-8-9-12-17(16)24(19(23)26)18(25)21-14-20(2,3)15-22(4)5/h8-9,11-12H,6-7,10,13-15H2,1-5H3,(H,21,25). The number of aryl methyl sites for hydroxylation is 1. The van der Waals surface area contributed by atoms with E-state index in [1.807, 2.05) is 38.4 Å². The maximum Gasteiger partial charge on any atom is 0.337 e. The van der Waals surface area contributed by atoms with Gasteiger partial charge in [-0.15, -0.1) is 0 Å². The van der Waals surface area contributed by atoms with Crippen LogP contribution >= 0.6 is 0 Å². The third kappa shape index (κ3) is 4.75. The quantitative estimate of drug-likeness (QED) is 0.736. The Bertz CT molecular complexity index is 802. The molecule has 1 heterocycles. The fraction of sp³-hybridized carbons (Fsp3) is 0.600. The van der Waals surface area contributed by atoms with Gasteiger partial charge in [0, 0.05) is 19.6 Å². The zero-order valence-corrected chi connectivity index (χ0v) is 16.7. The van der Waals surface area contributed by atoms with E-state index in [-0.39, 0.29) is 17.1 Å². The van der Waals surface area contributed by atoms with E-state index in [0.717, 1.165) is 31.3 Å². The first-order valence-corrected chi connectivity index (χ1v) is 9.40. The van der Waals surface area contributed by atoms with E-state index >= 15 is 0 Å². The Kier molecular flexibility index (Phi) is 6.64. The molecule has 0 aliphatic carbocycles. The van der Waals surface area contributed by atoms with E-state index in [9.17, 15) is 9.59 Å². The molecule has 0 aliphatic heterocycles. The minimum atomic E-state index is -0.354. The first kappa shape index (κ1) is 20.2. The molecule has 0 atom stereocenters. The largest absolute Gasteiger partial charge is 0.337 e. The predicted molar refractivity (Wildman–Crippen MR) is 107 cm³/mol. The number of carbonyl (C=O) groups is 1. The maximum absolute atomic E-state index is 12.9. The molecule has 0 spiro atoms. The van der Waals surface area contributed by atoms with E-state index < -0.39 is 0 Å². The molecule has 0 radical (unpaired) electrons. The Morgan fingerprint density at radius 3 is 2.42 bits per heavy atom. The number of amides is 1. The van der Waals surface area contributed by atoms with Crippen LogP contribution in [0.3, 0.4) is 0 Å². The Morgan fingerprint density at radius 2 is 1.81 bits per heavy atom. The van der Waals surface area contributed by atoms with Gasteiger partial charge in [-0.2, -0.15) is 0 Å². The highest BCUT2D eigenvalue weighted by atomic mass is 16.2. The molecule has 0 unspecified atom stereocenters. The van der Waals surface area contributed by atoms with Gasteiger partial charge in [0.1, 0.15) is 0 Å². The number of hydrogen-bond donors (Lipinski definition) is 1. The van der Waals surface area contributed by atoms with Crippen LogP contribution in [-0.4, -0.2) is 47.3 Å². The normalized spacial score (nSPS) is 12.1. The van der Waals surface area contributed by atoms with E-state index in [0.29, 0.717) is 18.6 Å². The minimum Gasteiger partial charge on any atom is -0.337 e. The number of para-hydroxylation sites is 2. The lowest BCUT2D eigenvalue weighted by Crippen LogP contribution is -2.43. The summed E-state index contributed by atoms with van der Waals surface area (Å²) >= 11 is 0. The third-order valence-corrected chi connectivity index (χ3v) is 4.49. The number of fused-ring (bicyclic) bond motifs is 1. The van der Waals surface area contributed by atoms with Gasteiger partial charge in [-0.25, -0.2) is 14.2 Å². The van der Waals surface area contributed by atoms with Crippen LogP contribution in [0.15, 0.2) is 29.1 Å². The molecule has 2 aromatic rings. The number of imidazole rings is 1. The number of unbranched alkanes of at least 4 members (excludes halogenated alkanes) is 2. The molecule has 0 fully saturated rings. The number of aromatic nitrogens is 2. The van der Waals surface area contributed by atoms with Crippen molar-refractivity contribution in [3.8, 4) is 0 Å². The fourth-order valence-electron chi connectivity index (χ4n) is 3.45. The monoisotopic (exact) mass is 360 g/mol. The number of benzene rings is 1. The predicted octanol–water partition coefficient (Wildman–Crippen LogP) is 3.14. The number of hydrogen-bond acceptors (Lipinski definition) is 3. The molecular formula is C20H32N4O2. The summed E-state index contributed by atoms with van der Waals surface area (Å²) in [6, 6.07) is 7.14. The summed E-state index contributed by atoms with van der Waals surface area (Å²) in [4.78, 5) is 27.8. The molecule has 2 rings (SSSR count). The lowest BCUT2D eigenvalue weighted by Gasteiger charge is -2.28. The number of nitrogens with one attached hydrogen (secondary N) is 1. The van der Waals surface area contributed by atoms with Gasteiger partial charge in [0.2, 0.25) is 0 Å². The molecule has 0 bridgehead atoms. The SMILES string of the molecule is CCCCCn1c(=O)n(C(=O)NCC(C)(C)CN(C)C)c2ccccc21. The van der Waals surface area contributed by atoms with Crippen LogP contribution in [0.2, 0.25) is 0 Å². The number of rotatable bonds is 8. The Labute approximate surface area is 155 Å². The molecule has 6 heteroatoms. The van der Waals surface area contributed by atoms with Crippen LogP contribution in [-0.2, 0) is 6.54 Å². The maximum atomic E-state index is 12.9. The van der Waals surface area contributed by atoms with Gasteiger partial charge < -0.3 is 10.2 Å². The van der Waals surface area contributed by atoms with Crippen molar-refractivity contribution in [3.05, 3.63) is 34.7 Å². The van der Waals surface area contributed by atoms with E-state index in [4.69, 9.17) is 0 Å². The Balaban J connectivity index is 2.27. The third-order valence-electron chi connectivity index (χ3n) is 4.49. The van der Waals surface area contributed by atoms with Gasteiger partial charge in [-0.3, -0.25) is 4.57 Å². The second kappa shape index (κ2) is 8.54. The van der Waals surface area contributed by atoms with Gasteiger partial charge in [0.15, 0.2) is 0 Å². The van der Waals surface area contributed by atoms with E-state index in [1.54, 1.807) is 4.57 Å². The van der Waals surface area contributed by atoms with Gasteiger partial charge in [0.05, 0.1) is 11.0 Å². The molecule has 144 valence electrons. The van der Waals surface area contributed by atoms with Gasteiger partial charge in [0.25, 0.3) is 0 Å². The lowest BCUT2D eigenvalue weighted by molar-refractivity contribution is 0.216. The number of carbonyl (C=O) groups excluding carboxylic acids is 1. The zero-order valence-electron chi connectivity index (χ0n) is 16.7. The van der Waals surface area contributed by atoms with Gasteiger partial charge in [-0.1, -0.05) is 45.7 Å². The summed E-state index contributed by atoms with van der Waals surface area (Å²) < 4.78 is 2.99. The second-order valence-electron chi connectivity index (χ2n) is 8.03. The Morgan fingerprint density at radius 1 is 1.15 bits per heavy atom. The lowest BCUT2D eigenvalue weighted by atomic mass is 9.93. The summed E-state index contributed by atoms with van der Waals surface area (Å²) in [6.45, 7) is 8.33. The molecule has 6 nitrogen and oxygen atoms in total. The molecule has 1 amide bonds.